The molecule has 3 aromatic rings. The van der Waals surface area contributed by atoms with Crippen LogP contribution in [0.3, 0.4) is 0 Å². The smallest absolute Gasteiger partial charge is 0.274 e. The maximum Gasteiger partial charge on any atom is 0.274 e. The summed E-state index contributed by atoms with van der Waals surface area (Å²) >= 11 is 1.59. The molecule has 0 radical (unpaired) electrons. The number of H-pyrrole nitrogens is 1. The summed E-state index contributed by atoms with van der Waals surface area (Å²) in [6.07, 6.45) is 3.75. The standard InChI is InChI=1S/C20H23N5OS/c1-15-13-17(16(2)25(15)20-22-7-12-27-20)18(26)14-23-8-10-24(11-9-23)19-5-3-4-6-21-19/h3-7,12-13H,8-11,14H2,1-2H3/p+2. The molecule has 0 atom stereocenters. The van der Waals surface area contributed by atoms with Crippen LogP contribution in [0.15, 0.2) is 42.0 Å². The van der Waals surface area contributed by atoms with Gasteiger partial charge in [0, 0.05) is 34.6 Å². The zero-order chi connectivity index (χ0) is 18.8. The van der Waals surface area contributed by atoms with Gasteiger partial charge in [-0.1, -0.05) is 6.07 Å². The number of pyridine rings is 1. The number of rotatable bonds is 5. The molecule has 1 saturated heterocycles. The summed E-state index contributed by atoms with van der Waals surface area (Å²) in [5.41, 5.74) is 2.88. The zero-order valence-electron chi connectivity index (χ0n) is 15.7. The third-order valence-corrected chi connectivity index (χ3v) is 6.01. The van der Waals surface area contributed by atoms with Gasteiger partial charge in [-0.15, -0.1) is 11.3 Å². The molecule has 140 valence electrons. The number of thiazole rings is 1. The van der Waals surface area contributed by atoms with E-state index in [1.807, 2.05) is 43.6 Å². The van der Waals surface area contributed by atoms with E-state index >= 15 is 0 Å². The molecule has 0 unspecified atom stereocenters. The molecule has 0 bridgehead atoms. The summed E-state index contributed by atoms with van der Waals surface area (Å²) in [7, 11) is 0. The zero-order valence-corrected chi connectivity index (χ0v) is 16.6. The Morgan fingerprint density at radius 3 is 2.78 bits per heavy atom. The Labute approximate surface area is 163 Å². The fraction of sp³-hybridized carbons (Fsp3) is 0.350. The van der Waals surface area contributed by atoms with E-state index in [4.69, 9.17) is 0 Å². The van der Waals surface area contributed by atoms with Crippen molar-refractivity contribution in [2.24, 2.45) is 0 Å². The number of aromatic amines is 1. The van der Waals surface area contributed by atoms with Crippen molar-refractivity contribution in [3.8, 4) is 5.13 Å². The molecule has 0 amide bonds. The number of hydrogen-bond acceptors (Lipinski definition) is 4. The SMILES string of the molecule is Cc1cc(C(=O)C[NH+]2CCN(c3cccc[nH+]3)CC2)c(C)n1-c1nccs1. The summed E-state index contributed by atoms with van der Waals surface area (Å²) in [5, 5.41) is 2.88. The second-order valence-electron chi connectivity index (χ2n) is 7.02. The lowest BCUT2D eigenvalue weighted by atomic mass is 10.1. The summed E-state index contributed by atoms with van der Waals surface area (Å²) < 4.78 is 2.08. The first kappa shape index (κ1) is 17.9. The van der Waals surface area contributed by atoms with Gasteiger partial charge in [-0.2, -0.15) is 0 Å². The number of carbonyl (C=O) groups is 1. The fourth-order valence-electron chi connectivity index (χ4n) is 3.81. The molecule has 1 aliphatic rings. The molecule has 27 heavy (non-hydrogen) atoms. The molecular formula is C20H25N5OS+2. The Morgan fingerprint density at radius 2 is 2.11 bits per heavy atom. The van der Waals surface area contributed by atoms with Gasteiger partial charge in [0.15, 0.2) is 5.13 Å². The molecule has 0 saturated carbocycles. The monoisotopic (exact) mass is 383 g/mol. The van der Waals surface area contributed by atoms with Gasteiger partial charge in [-0.3, -0.25) is 14.3 Å². The molecule has 3 aromatic heterocycles. The Hall–Kier alpha value is -2.51. The first-order valence-corrected chi connectivity index (χ1v) is 10.2. The van der Waals surface area contributed by atoms with E-state index in [1.165, 1.54) is 4.90 Å². The average Bonchev–Trinajstić information content (AvgIpc) is 3.31. The molecule has 0 aromatic carbocycles. The van der Waals surface area contributed by atoms with Gasteiger partial charge in [0.1, 0.15) is 32.7 Å². The minimum atomic E-state index is 0.223. The van der Waals surface area contributed by atoms with Crippen molar-refractivity contribution in [1.82, 2.24) is 9.55 Å². The Balaban J connectivity index is 1.41. The van der Waals surface area contributed by atoms with Gasteiger partial charge in [0.25, 0.3) is 5.82 Å². The topological polar surface area (TPSA) is 56.7 Å². The maximum atomic E-state index is 12.9. The molecule has 1 aliphatic heterocycles. The van der Waals surface area contributed by atoms with Crippen LogP contribution in [0.4, 0.5) is 5.82 Å². The van der Waals surface area contributed by atoms with Gasteiger partial charge >= 0.3 is 0 Å². The molecule has 0 aliphatic carbocycles. The Kier molecular flexibility index (Phi) is 5.05. The fourth-order valence-corrected chi connectivity index (χ4v) is 4.56. The molecule has 6 nitrogen and oxygen atoms in total. The van der Waals surface area contributed by atoms with Crippen LogP contribution in [0.5, 0.6) is 0 Å². The minimum Gasteiger partial charge on any atom is -0.322 e. The highest BCUT2D eigenvalue weighted by Crippen LogP contribution is 2.22. The predicted octanol–water partition coefficient (Wildman–Crippen LogP) is 0.953. The molecule has 2 N–H and O–H groups in total. The van der Waals surface area contributed by atoms with Crippen molar-refractivity contribution < 1.29 is 14.7 Å². The third kappa shape index (κ3) is 3.65. The Morgan fingerprint density at radius 1 is 1.30 bits per heavy atom. The van der Waals surface area contributed by atoms with E-state index in [-0.39, 0.29) is 5.78 Å². The van der Waals surface area contributed by atoms with E-state index < -0.39 is 0 Å². The maximum absolute atomic E-state index is 12.9. The highest BCUT2D eigenvalue weighted by Gasteiger charge is 2.28. The Bertz CT molecular complexity index is 912. The van der Waals surface area contributed by atoms with Crippen LogP contribution in [0.2, 0.25) is 0 Å². The van der Waals surface area contributed by atoms with Gasteiger partial charge < -0.3 is 4.90 Å². The van der Waals surface area contributed by atoms with Crippen LogP contribution < -0.4 is 14.8 Å². The molecule has 0 spiro atoms. The van der Waals surface area contributed by atoms with Crippen molar-refractivity contribution in [3.63, 3.8) is 0 Å². The summed E-state index contributed by atoms with van der Waals surface area (Å²) in [4.78, 5) is 24.3. The highest BCUT2D eigenvalue weighted by molar-refractivity contribution is 7.12. The number of piperazine rings is 1. The number of aryl methyl sites for hydroxylation is 1. The molecule has 7 heteroatoms. The normalized spacial score (nSPS) is 15.3. The highest BCUT2D eigenvalue weighted by atomic mass is 32.1. The second-order valence-corrected chi connectivity index (χ2v) is 7.89. The van der Waals surface area contributed by atoms with E-state index in [2.05, 4.69) is 25.5 Å². The molecule has 4 heterocycles. The van der Waals surface area contributed by atoms with Crippen LogP contribution >= 0.6 is 11.3 Å². The van der Waals surface area contributed by atoms with Crippen molar-refractivity contribution in [2.75, 3.05) is 37.6 Å². The number of nitrogens with zero attached hydrogens (tertiary/aromatic N) is 3. The van der Waals surface area contributed by atoms with Gasteiger partial charge in [-0.25, -0.2) is 9.97 Å². The number of carbonyl (C=O) groups excluding carboxylic acids is 1. The van der Waals surface area contributed by atoms with Crippen LogP contribution in [-0.2, 0) is 0 Å². The number of aromatic nitrogens is 3. The second kappa shape index (κ2) is 7.62. The lowest BCUT2D eigenvalue weighted by Crippen LogP contribution is -3.15. The van der Waals surface area contributed by atoms with E-state index in [1.54, 1.807) is 17.5 Å². The van der Waals surface area contributed by atoms with Crippen molar-refractivity contribution in [3.05, 3.63) is 59.0 Å². The van der Waals surface area contributed by atoms with Gasteiger partial charge in [-0.05, 0) is 26.0 Å². The number of Topliss-reactive ketones (excluding diaryl/α,β-unsaturated/α-hetero) is 1. The summed E-state index contributed by atoms with van der Waals surface area (Å²) in [6.45, 7) is 8.46. The first-order valence-electron chi connectivity index (χ1n) is 9.30. The average molecular weight is 384 g/mol. The largest absolute Gasteiger partial charge is 0.322 e. The van der Waals surface area contributed by atoms with Crippen molar-refractivity contribution in [1.29, 1.82) is 0 Å². The van der Waals surface area contributed by atoms with Gasteiger partial charge in [0.2, 0.25) is 5.78 Å². The molecule has 1 fully saturated rings. The van der Waals surface area contributed by atoms with Crippen LogP contribution in [0.1, 0.15) is 21.7 Å². The lowest BCUT2D eigenvalue weighted by molar-refractivity contribution is -0.892. The number of hydrogen-bond donors (Lipinski definition) is 1. The van der Waals surface area contributed by atoms with E-state index in [9.17, 15) is 4.79 Å². The van der Waals surface area contributed by atoms with E-state index in [0.717, 1.165) is 54.1 Å². The molecule has 4 rings (SSSR count). The van der Waals surface area contributed by atoms with E-state index in [0.29, 0.717) is 6.54 Å². The van der Waals surface area contributed by atoms with Crippen molar-refractivity contribution in [2.45, 2.75) is 13.8 Å². The predicted molar refractivity (Wildman–Crippen MR) is 106 cm³/mol. The number of ketones is 1. The summed E-state index contributed by atoms with van der Waals surface area (Å²) in [6, 6.07) is 8.15. The minimum absolute atomic E-state index is 0.223. The number of nitrogens with one attached hydrogen (secondary N) is 2. The quantitative estimate of drug-likeness (QED) is 0.668. The van der Waals surface area contributed by atoms with Crippen LogP contribution in [-0.4, -0.2) is 48.1 Å². The third-order valence-electron chi connectivity index (χ3n) is 5.26. The number of quaternary nitrogens is 1. The van der Waals surface area contributed by atoms with Crippen molar-refractivity contribution >= 4 is 22.9 Å². The summed E-state index contributed by atoms with van der Waals surface area (Å²) in [5.74, 6) is 1.37. The first-order chi connectivity index (χ1) is 13.1. The molecular weight excluding hydrogens is 358 g/mol. The van der Waals surface area contributed by atoms with Gasteiger partial charge in [0.05, 0.1) is 6.20 Å². The number of anilines is 1. The van der Waals surface area contributed by atoms with Crippen LogP contribution in [0, 0.1) is 13.8 Å². The van der Waals surface area contributed by atoms with Crippen LogP contribution in [0.25, 0.3) is 5.13 Å². The lowest BCUT2D eigenvalue weighted by Gasteiger charge is -2.27.